The van der Waals surface area contributed by atoms with E-state index in [9.17, 15) is 30.2 Å². The number of carbonyl (C=O) groups excluding carboxylic acids is 1. The van der Waals surface area contributed by atoms with Gasteiger partial charge in [-0.25, -0.2) is 4.98 Å². The van der Waals surface area contributed by atoms with Crippen LogP contribution < -0.4 is 15.6 Å². The van der Waals surface area contributed by atoms with E-state index in [1.54, 1.807) is 6.92 Å². The predicted octanol–water partition coefficient (Wildman–Crippen LogP) is 2.99. The normalized spacial score (nSPS) is 20.8. The maximum atomic E-state index is 12.9. The molecule has 2 aromatic carbocycles. The van der Waals surface area contributed by atoms with Crippen molar-refractivity contribution in [2.75, 3.05) is 25.1 Å². The molecule has 0 spiro atoms. The minimum atomic E-state index is -1.90. The monoisotopic (exact) mass is 631 g/mol. The van der Waals surface area contributed by atoms with Gasteiger partial charge < -0.3 is 39.8 Å². The fourth-order valence-corrected chi connectivity index (χ4v) is 5.64. The molecule has 4 aromatic rings. The molecule has 0 bridgehead atoms. The number of benzene rings is 2. The van der Waals surface area contributed by atoms with Gasteiger partial charge in [0.15, 0.2) is 11.9 Å². The average molecular weight is 632 g/mol. The molecular weight excluding hydrogens is 594 g/mol. The highest BCUT2D eigenvalue weighted by atomic mass is 16.6. The van der Waals surface area contributed by atoms with Crippen LogP contribution in [-0.2, 0) is 20.8 Å². The SMILES string of the molecule is CCOC(=O)CCCCOc1cc(CNc2c(C#N)c3c(=O)[nH]cnc3n2C2OC(CO)C(O)C2(C)O)ccc1-c1ccccc1. The summed E-state index contributed by atoms with van der Waals surface area (Å²) in [4.78, 5) is 31.3. The molecule has 4 unspecified atom stereocenters. The molecule has 4 atom stereocenters. The van der Waals surface area contributed by atoms with Gasteiger partial charge in [0.25, 0.3) is 5.56 Å². The standard InChI is InChI=1S/C33H37N5O8/c1-3-44-26(40)11-7-8-14-45-24-15-20(12-13-22(24)21-9-5-4-6-10-21)17-35-29-23(16-34)27-30(36-19-37-31(27)42)38(29)32-33(2,43)28(41)25(18-39)46-32/h4-6,9-10,12-13,15,19,25,28,32,35,39,41,43H,3,7-8,11,14,17-18H2,1-2H3,(H,36,37,42). The van der Waals surface area contributed by atoms with Crippen molar-refractivity contribution in [3.63, 3.8) is 0 Å². The van der Waals surface area contributed by atoms with Crippen molar-refractivity contribution >= 4 is 22.8 Å². The van der Waals surface area contributed by atoms with Crippen LogP contribution in [0.3, 0.4) is 0 Å². The Kier molecular flexibility index (Phi) is 10.0. The first kappa shape index (κ1) is 32.6. The van der Waals surface area contributed by atoms with Gasteiger partial charge in [-0.2, -0.15) is 5.26 Å². The molecule has 5 rings (SSSR count). The molecule has 1 aliphatic rings. The van der Waals surface area contributed by atoms with Crippen LogP contribution in [0.15, 0.2) is 59.7 Å². The van der Waals surface area contributed by atoms with Crippen molar-refractivity contribution in [3.8, 4) is 22.9 Å². The minimum absolute atomic E-state index is 0.0138. The lowest BCUT2D eigenvalue weighted by Gasteiger charge is -2.29. The number of carbonyl (C=O) groups is 1. The average Bonchev–Trinajstić information content (AvgIpc) is 3.49. The smallest absolute Gasteiger partial charge is 0.305 e. The van der Waals surface area contributed by atoms with Crippen LogP contribution >= 0.6 is 0 Å². The van der Waals surface area contributed by atoms with E-state index in [0.717, 1.165) is 16.7 Å². The van der Waals surface area contributed by atoms with Gasteiger partial charge in [-0.3, -0.25) is 14.2 Å². The molecular formula is C33H37N5O8. The van der Waals surface area contributed by atoms with Crippen molar-refractivity contribution in [3.05, 3.63) is 76.3 Å². The number of hydrogen-bond donors (Lipinski definition) is 5. The van der Waals surface area contributed by atoms with E-state index < -0.39 is 36.2 Å². The number of nitrogens with one attached hydrogen (secondary N) is 2. The van der Waals surface area contributed by atoms with Gasteiger partial charge in [0, 0.05) is 18.5 Å². The molecule has 2 aromatic heterocycles. The van der Waals surface area contributed by atoms with Gasteiger partial charge in [-0.1, -0.05) is 42.5 Å². The third-order valence-corrected chi connectivity index (χ3v) is 8.00. The van der Waals surface area contributed by atoms with Crippen molar-refractivity contribution in [1.29, 1.82) is 5.26 Å². The zero-order valence-electron chi connectivity index (χ0n) is 25.6. The third-order valence-electron chi connectivity index (χ3n) is 8.00. The number of hydrogen-bond acceptors (Lipinski definition) is 11. The number of aromatic amines is 1. The van der Waals surface area contributed by atoms with Crippen molar-refractivity contribution in [2.45, 2.75) is 63.7 Å². The summed E-state index contributed by atoms with van der Waals surface area (Å²) in [6, 6.07) is 17.5. The first-order valence-corrected chi connectivity index (χ1v) is 15.1. The topological polar surface area (TPSA) is 192 Å². The van der Waals surface area contributed by atoms with Gasteiger partial charge in [0.1, 0.15) is 46.4 Å². The maximum absolute atomic E-state index is 12.9. The highest BCUT2D eigenvalue weighted by molar-refractivity contribution is 5.89. The molecule has 13 heteroatoms. The van der Waals surface area contributed by atoms with Crippen LogP contribution in [0.4, 0.5) is 5.82 Å². The van der Waals surface area contributed by atoms with Crippen molar-refractivity contribution in [2.24, 2.45) is 0 Å². The summed E-state index contributed by atoms with van der Waals surface area (Å²) >= 11 is 0. The number of anilines is 1. The Labute approximate surface area is 265 Å². The molecule has 0 aliphatic carbocycles. The van der Waals surface area contributed by atoms with Gasteiger partial charge in [0.2, 0.25) is 0 Å². The Morgan fingerprint density at radius 2 is 2.02 bits per heavy atom. The van der Waals surface area contributed by atoms with E-state index in [2.05, 4.69) is 21.4 Å². The van der Waals surface area contributed by atoms with E-state index in [-0.39, 0.29) is 34.9 Å². The number of nitriles is 1. The quantitative estimate of drug-likeness (QED) is 0.108. The second kappa shape index (κ2) is 14.1. The number of aliphatic hydroxyl groups is 3. The van der Waals surface area contributed by atoms with Crippen LogP contribution in [0, 0.1) is 11.3 Å². The van der Waals surface area contributed by atoms with Gasteiger partial charge in [0.05, 0.1) is 26.1 Å². The van der Waals surface area contributed by atoms with Crippen LogP contribution in [-0.4, -0.2) is 73.5 Å². The first-order chi connectivity index (χ1) is 22.2. The summed E-state index contributed by atoms with van der Waals surface area (Å²) in [5.41, 5.74) is 0.172. The van der Waals surface area contributed by atoms with E-state index in [0.29, 0.717) is 38.2 Å². The van der Waals surface area contributed by atoms with Crippen LogP contribution in [0.5, 0.6) is 5.75 Å². The molecule has 3 heterocycles. The number of rotatable bonds is 13. The second-order valence-electron chi connectivity index (χ2n) is 11.2. The summed E-state index contributed by atoms with van der Waals surface area (Å²) in [6.07, 6.45) is -1.11. The zero-order chi connectivity index (χ0) is 32.8. The third kappa shape index (κ3) is 6.47. The Morgan fingerprint density at radius 3 is 2.72 bits per heavy atom. The molecule has 0 amide bonds. The Bertz CT molecular complexity index is 1780. The van der Waals surface area contributed by atoms with E-state index >= 15 is 0 Å². The summed E-state index contributed by atoms with van der Waals surface area (Å²) in [5, 5.41) is 45.1. The van der Waals surface area contributed by atoms with E-state index in [1.165, 1.54) is 17.8 Å². The Balaban J connectivity index is 1.46. The van der Waals surface area contributed by atoms with Crippen molar-refractivity contribution in [1.82, 2.24) is 14.5 Å². The molecule has 5 N–H and O–H groups in total. The Hall–Kier alpha value is -4.74. The van der Waals surface area contributed by atoms with Crippen LogP contribution in [0.1, 0.15) is 50.5 Å². The summed E-state index contributed by atoms with van der Waals surface area (Å²) in [7, 11) is 0. The molecule has 46 heavy (non-hydrogen) atoms. The molecule has 1 saturated heterocycles. The fraction of sp³-hybridized carbons (Fsp3) is 0.394. The zero-order valence-corrected chi connectivity index (χ0v) is 25.6. The second-order valence-corrected chi connectivity index (χ2v) is 11.2. The highest BCUT2D eigenvalue weighted by Gasteiger charge is 2.54. The van der Waals surface area contributed by atoms with Gasteiger partial charge >= 0.3 is 5.97 Å². The molecule has 1 aliphatic heterocycles. The highest BCUT2D eigenvalue weighted by Crippen LogP contribution is 2.43. The van der Waals surface area contributed by atoms with Gasteiger partial charge in [-0.05, 0) is 43.9 Å². The minimum Gasteiger partial charge on any atom is -0.493 e. The predicted molar refractivity (Wildman–Crippen MR) is 168 cm³/mol. The largest absolute Gasteiger partial charge is 0.493 e. The summed E-state index contributed by atoms with van der Waals surface area (Å²) in [5.74, 6) is 0.529. The molecule has 242 valence electrons. The van der Waals surface area contributed by atoms with Crippen LogP contribution in [0.25, 0.3) is 22.2 Å². The molecule has 0 radical (unpaired) electrons. The lowest BCUT2D eigenvalue weighted by atomic mass is 9.96. The van der Waals surface area contributed by atoms with E-state index in [4.69, 9.17) is 14.2 Å². The Morgan fingerprint density at radius 1 is 1.24 bits per heavy atom. The molecule has 0 saturated carbocycles. The fourth-order valence-electron chi connectivity index (χ4n) is 5.64. The number of aromatic nitrogens is 3. The number of H-pyrrole nitrogens is 1. The summed E-state index contributed by atoms with van der Waals surface area (Å²) < 4.78 is 18.4. The van der Waals surface area contributed by atoms with Gasteiger partial charge in [-0.15, -0.1) is 0 Å². The number of ether oxygens (including phenoxy) is 3. The first-order valence-electron chi connectivity index (χ1n) is 15.1. The molecule has 1 fully saturated rings. The number of unbranched alkanes of at least 4 members (excludes halogenated alkanes) is 1. The van der Waals surface area contributed by atoms with Crippen molar-refractivity contribution < 1.29 is 34.3 Å². The lowest BCUT2D eigenvalue weighted by molar-refractivity contribution is -0.143. The summed E-state index contributed by atoms with van der Waals surface area (Å²) in [6.45, 7) is 3.45. The van der Waals surface area contributed by atoms with E-state index in [1.807, 2.05) is 48.5 Å². The number of esters is 1. The van der Waals surface area contributed by atoms with Crippen LogP contribution in [0.2, 0.25) is 0 Å². The number of fused-ring (bicyclic) bond motifs is 1. The maximum Gasteiger partial charge on any atom is 0.305 e. The number of nitrogens with zero attached hydrogens (tertiary/aromatic N) is 3. The molecule has 13 nitrogen and oxygen atoms in total. The number of aliphatic hydroxyl groups excluding tert-OH is 2. The lowest BCUT2D eigenvalue weighted by Crippen LogP contribution is -2.44.